The molecule has 4 nitrogen and oxygen atoms in total. The molecule has 0 aromatic heterocycles. The van der Waals surface area contributed by atoms with E-state index in [0.29, 0.717) is 6.61 Å². The second-order valence-electron chi connectivity index (χ2n) is 2.81. The van der Waals surface area contributed by atoms with Crippen molar-refractivity contribution in [2.45, 2.75) is 19.9 Å². The number of rotatable bonds is 6. The van der Waals surface area contributed by atoms with Gasteiger partial charge in [0, 0.05) is 12.0 Å². The Balaban J connectivity index is 3.21. The minimum Gasteiger partial charge on any atom is -0.396 e. The maximum Gasteiger partial charge on any atom is 0.0754 e. The van der Waals surface area contributed by atoms with E-state index < -0.39 is 0 Å². The topological polar surface area (TPSA) is 61.7 Å². The van der Waals surface area contributed by atoms with Crippen LogP contribution in [-0.4, -0.2) is 36.1 Å². The van der Waals surface area contributed by atoms with E-state index in [2.05, 4.69) is 5.48 Å². The van der Waals surface area contributed by atoms with Crippen molar-refractivity contribution < 1.29 is 15.1 Å². The minimum atomic E-state index is -0.179. The molecular formula is C7H17NO3. The third-order valence-electron chi connectivity index (χ3n) is 1.15. The largest absolute Gasteiger partial charge is 0.396 e. The highest BCUT2D eigenvalue weighted by atomic mass is 16.6. The molecule has 0 saturated carbocycles. The predicted molar refractivity (Wildman–Crippen MR) is 41.9 cm³/mol. The van der Waals surface area contributed by atoms with Crippen LogP contribution in [-0.2, 0) is 4.84 Å². The van der Waals surface area contributed by atoms with Crippen LogP contribution in [0.25, 0.3) is 0 Å². The van der Waals surface area contributed by atoms with Crippen molar-refractivity contribution in [3.63, 3.8) is 0 Å². The molecule has 0 aromatic carbocycles. The van der Waals surface area contributed by atoms with Crippen molar-refractivity contribution in [1.82, 2.24) is 5.48 Å². The Morgan fingerprint density at radius 1 is 1.27 bits per heavy atom. The molecule has 0 aliphatic heterocycles. The summed E-state index contributed by atoms with van der Waals surface area (Å²) in [5.41, 5.74) is 2.72. The third-order valence-corrected chi connectivity index (χ3v) is 1.15. The molecule has 0 spiro atoms. The second-order valence-corrected chi connectivity index (χ2v) is 2.81. The number of nitrogens with one attached hydrogen (secondary N) is 1. The summed E-state index contributed by atoms with van der Waals surface area (Å²) in [6.45, 7) is 4.15. The number of hydroxylamine groups is 1. The van der Waals surface area contributed by atoms with Gasteiger partial charge in [0.15, 0.2) is 0 Å². The second kappa shape index (κ2) is 6.54. The fourth-order valence-electron chi connectivity index (χ4n) is 0.496. The zero-order chi connectivity index (χ0) is 8.69. The van der Waals surface area contributed by atoms with Crippen molar-refractivity contribution in [2.24, 2.45) is 5.92 Å². The highest BCUT2D eigenvalue weighted by molar-refractivity contribution is 4.52. The molecule has 0 fully saturated rings. The van der Waals surface area contributed by atoms with Gasteiger partial charge in [-0.1, -0.05) is 0 Å². The molecular weight excluding hydrogens is 146 g/mol. The molecule has 0 bridgehead atoms. The quantitative estimate of drug-likeness (QED) is 0.463. The Morgan fingerprint density at radius 2 is 1.82 bits per heavy atom. The average molecular weight is 163 g/mol. The maximum atomic E-state index is 8.62. The minimum absolute atomic E-state index is 0.0454. The van der Waals surface area contributed by atoms with E-state index in [1.807, 2.05) is 13.8 Å². The molecule has 68 valence electrons. The summed E-state index contributed by atoms with van der Waals surface area (Å²) in [5.74, 6) is -0.179. The van der Waals surface area contributed by atoms with Crippen LogP contribution in [0.4, 0.5) is 0 Å². The van der Waals surface area contributed by atoms with Crippen LogP contribution in [0.1, 0.15) is 13.8 Å². The van der Waals surface area contributed by atoms with E-state index in [4.69, 9.17) is 15.1 Å². The summed E-state index contributed by atoms with van der Waals surface area (Å²) in [6.07, 6.45) is 0. The van der Waals surface area contributed by atoms with E-state index >= 15 is 0 Å². The van der Waals surface area contributed by atoms with Crippen LogP contribution >= 0.6 is 0 Å². The first-order chi connectivity index (χ1) is 5.20. The van der Waals surface area contributed by atoms with Crippen LogP contribution in [0.2, 0.25) is 0 Å². The van der Waals surface area contributed by atoms with Gasteiger partial charge in [-0.25, -0.2) is 5.48 Å². The van der Waals surface area contributed by atoms with Crippen molar-refractivity contribution in [3.05, 3.63) is 0 Å². The molecule has 0 unspecified atom stereocenters. The molecule has 4 heteroatoms. The first kappa shape index (κ1) is 10.8. The summed E-state index contributed by atoms with van der Waals surface area (Å²) in [7, 11) is 0. The molecule has 3 N–H and O–H groups in total. The van der Waals surface area contributed by atoms with E-state index in [1.165, 1.54) is 0 Å². The van der Waals surface area contributed by atoms with Gasteiger partial charge in [-0.2, -0.15) is 0 Å². The van der Waals surface area contributed by atoms with Crippen molar-refractivity contribution >= 4 is 0 Å². The summed E-state index contributed by atoms with van der Waals surface area (Å²) in [4.78, 5) is 4.97. The van der Waals surface area contributed by atoms with Crippen LogP contribution in [0.5, 0.6) is 0 Å². The SMILES string of the molecule is CC(C)NOCC(CO)CO. The van der Waals surface area contributed by atoms with Crippen LogP contribution in [0.15, 0.2) is 0 Å². The molecule has 0 amide bonds. The normalized spacial score (nSPS) is 11.5. The molecule has 0 aliphatic rings. The fourth-order valence-corrected chi connectivity index (χ4v) is 0.496. The van der Waals surface area contributed by atoms with E-state index in [9.17, 15) is 0 Å². The van der Waals surface area contributed by atoms with Crippen molar-refractivity contribution in [1.29, 1.82) is 0 Å². The number of hydrogen-bond donors (Lipinski definition) is 3. The molecule has 0 aliphatic carbocycles. The lowest BCUT2D eigenvalue weighted by Gasteiger charge is -2.13. The zero-order valence-corrected chi connectivity index (χ0v) is 7.08. The first-order valence-electron chi connectivity index (χ1n) is 3.79. The van der Waals surface area contributed by atoms with Crippen LogP contribution in [0, 0.1) is 5.92 Å². The molecule has 0 aromatic rings. The van der Waals surface area contributed by atoms with Crippen LogP contribution in [0.3, 0.4) is 0 Å². The summed E-state index contributed by atoms with van der Waals surface area (Å²) < 4.78 is 0. The van der Waals surface area contributed by atoms with Crippen molar-refractivity contribution in [3.8, 4) is 0 Å². The standard InChI is InChI=1S/C7H17NO3/c1-6(2)8-11-5-7(3-9)4-10/h6-10H,3-5H2,1-2H3. The number of hydrogen-bond acceptors (Lipinski definition) is 4. The molecule has 0 rings (SSSR count). The van der Waals surface area contributed by atoms with Gasteiger partial charge >= 0.3 is 0 Å². The van der Waals surface area contributed by atoms with E-state index in [0.717, 1.165) is 0 Å². The average Bonchev–Trinajstić information content (AvgIpc) is 1.98. The van der Waals surface area contributed by atoms with Gasteiger partial charge in [0.05, 0.1) is 19.8 Å². The molecule has 0 heterocycles. The third kappa shape index (κ3) is 6.25. The van der Waals surface area contributed by atoms with Gasteiger partial charge in [0.1, 0.15) is 0 Å². The Morgan fingerprint density at radius 3 is 2.18 bits per heavy atom. The Bertz CT molecular complexity index is 83.8. The van der Waals surface area contributed by atoms with Gasteiger partial charge in [-0.15, -0.1) is 0 Å². The molecule has 0 saturated heterocycles. The van der Waals surface area contributed by atoms with Gasteiger partial charge in [0.25, 0.3) is 0 Å². The van der Waals surface area contributed by atoms with Crippen LogP contribution < -0.4 is 5.48 Å². The highest BCUT2D eigenvalue weighted by Gasteiger charge is 2.05. The molecule has 11 heavy (non-hydrogen) atoms. The number of aliphatic hydroxyl groups excluding tert-OH is 2. The van der Waals surface area contributed by atoms with E-state index in [-0.39, 0.29) is 25.2 Å². The van der Waals surface area contributed by atoms with Gasteiger partial charge < -0.3 is 15.1 Å². The Hall–Kier alpha value is -0.160. The summed E-state index contributed by atoms with van der Waals surface area (Å²) in [5, 5.41) is 17.2. The summed E-state index contributed by atoms with van der Waals surface area (Å²) in [6, 6.07) is 0.257. The molecule has 0 radical (unpaired) electrons. The van der Waals surface area contributed by atoms with Gasteiger partial charge in [0.2, 0.25) is 0 Å². The van der Waals surface area contributed by atoms with Crippen molar-refractivity contribution in [2.75, 3.05) is 19.8 Å². The monoisotopic (exact) mass is 163 g/mol. The van der Waals surface area contributed by atoms with Gasteiger partial charge in [-0.3, -0.25) is 0 Å². The van der Waals surface area contributed by atoms with E-state index in [1.54, 1.807) is 0 Å². The van der Waals surface area contributed by atoms with Gasteiger partial charge in [-0.05, 0) is 13.8 Å². The highest BCUT2D eigenvalue weighted by Crippen LogP contribution is 1.92. The summed E-state index contributed by atoms with van der Waals surface area (Å²) >= 11 is 0. The Labute approximate surface area is 67.1 Å². The maximum absolute atomic E-state index is 8.62. The lowest BCUT2D eigenvalue weighted by Crippen LogP contribution is -2.28. The smallest absolute Gasteiger partial charge is 0.0754 e. The Kier molecular flexibility index (Phi) is 6.45. The molecule has 0 atom stereocenters. The lowest BCUT2D eigenvalue weighted by atomic mass is 10.2. The number of aliphatic hydroxyl groups is 2. The first-order valence-corrected chi connectivity index (χ1v) is 3.79. The predicted octanol–water partition coefficient (Wildman–Crippen LogP) is -0.483. The zero-order valence-electron chi connectivity index (χ0n) is 7.08. The fraction of sp³-hybridized carbons (Fsp3) is 1.00. The lowest BCUT2D eigenvalue weighted by molar-refractivity contribution is -0.0219.